The van der Waals surface area contributed by atoms with Gasteiger partial charge in [-0.3, -0.25) is 14.2 Å². The molecule has 160 valence electrons. The van der Waals surface area contributed by atoms with Crippen molar-refractivity contribution < 1.29 is 9.59 Å². The Morgan fingerprint density at radius 1 is 1.16 bits per heavy atom. The molecule has 1 saturated carbocycles. The van der Waals surface area contributed by atoms with E-state index in [1.54, 1.807) is 24.3 Å². The standard InChI is InChI=1S/C23H23ClN4O2S/c1-27(23(14-8-7-13-20(23)29)18-11-5-6-12-19(18)24)21(30)15-31-22-26-25-16-28(22)17-9-3-2-4-10-17/h2-6,9-12,16H,7-8,13-15H2,1H3/t23-/m1/s1. The first-order chi connectivity index (χ1) is 15.0. The van der Waals surface area contributed by atoms with Crippen molar-refractivity contribution in [1.29, 1.82) is 0 Å². The van der Waals surface area contributed by atoms with Gasteiger partial charge in [-0.05, 0) is 37.5 Å². The van der Waals surface area contributed by atoms with Crippen LogP contribution in [0.25, 0.3) is 5.69 Å². The lowest BCUT2D eigenvalue weighted by molar-refractivity contribution is -0.146. The van der Waals surface area contributed by atoms with Gasteiger partial charge in [0, 0.05) is 29.7 Å². The molecule has 1 amide bonds. The fourth-order valence-corrected chi connectivity index (χ4v) is 5.29. The lowest BCUT2D eigenvalue weighted by Crippen LogP contribution is -2.54. The fraction of sp³-hybridized carbons (Fsp3) is 0.304. The van der Waals surface area contributed by atoms with E-state index in [9.17, 15) is 9.59 Å². The highest BCUT2D eigenvalue weighted by atomic mass is 35.5. The molecule has 1 atom stereocenters. The van der Waals surface area contributed by atoms with Crippen molar-refractivity contribution in [2.75, 3.05) is 12.8 Å². The van der Waals surface area contributed by atoms with Crippen molar-refractivity contribution in [3.8, 4) is 5.69 Å². The Hall–Kier alpha value is -2.64. The normalized spacial score (nSPS) is 18.7. The van der Waals surface area contributed by atoms with Gasteiger partial charge < -0.3 is 4.90 Å². The van der Waals surface area contributed by atoms with Crippen molar-refractivity contribution in [3.05, 3.63) is 71.5 Å². The van der Waals surface area contributed by atoms with E-state index >= 15 is 0 Å². The minimum Gasteiger partial charge on any atom is -0.328 e. The molecule has 2 aromatic carbocycles. The first-order valence-electron chi connectivity index (χ1n) is 10.2. The van der Waals surface area contributed by atoms with Gasteiger partial charge >= 0.3 is 0 Å². The fourth-order valence-electron chi connectivity index (χ4n) is 4.15. The lowest BCUT2D eigenvalue weighted by atomic mass is 9.74. The highest BCUT2D eigenvalue weighted by molar-refractivity contribution is 7.99. The van der Waals surface area contributed by atoms with E-state index < -0.39 is 5.54 Å². The van der Waals surface area contributed by atoms with Crippen LogP contribution < -0.4 is 0 Å². The number of likely N-dealkylation sites (N-methyl/N-ethyl adjacent to an activating group) is 1. The molecule has 3 aromatic rings. The van der Waals surface area contributed by atoms with Crippen molar-refractivity contribution >= 4 is 35.1 Å². The molecule has 1 aliphatic rings. The van der Waals surface area contributed by atoms with E-state index in [1.807, 2.05) is 53.1 Å². The number of carbonyl (C=O) groups is 2. The molecule has 1 aromatic heterocycles. The van der Waals surface area contributed by atoms with Gasteiger partial charge in [0.1, 0.15) is 11.9 Å². The average Bonchev–Trinajstić information content (AvgIpc) is 3.27. The monoisotopic (exact) mass is 454 g/mol. The first kappa shape index (κ1) is 21.6. The number of nitrogens with zero attached hydrogens (tertiary/aromatic N) is 4. The topological polar surface area (TPSA) is 68.1 Å². The molecule has 0 saturated heterocycles. The van der Waals surface area contributed by atoms with E-state index in [2.05, 4.69) is 10.2 Å². The van der Waals surface area contributed by atoms with E-state index in [0.29, 0.717) is 28.6 Å². The van der Waals surface area contributed by atoms with E-state index in [1.165, 1.54) is 11.8 Å². The van der Waals surface area contributed by atoms with Crippen LogP contribution in [0.2, 0.25) is 5.02 Å². The summed E-state index contributed by atoms with van der Waals surface area (Å²) in [5.41, 5.74) is 0.599. The Balaban J connectivity index is 1.58. The summed E-state index contributed by atoms with van der Waals surface area (Å²) >= 11 is 7.79. The number of thioether (sulfide) groups is 1. The predicted molar refractivity (Wildman–Crippen MR) is 121 cm³/mol. The van der Waals surface area contributed by atoms with Crippen LogP contribution in [0.5, 0.6) is 0 Å². The van der Waals surface area contributed by atoms with Crippen LogP contribution in [-0.4, -0.2) is 44.2 Å². The summed E-state index contributed by atoms with van der Waals surface area (Å²) < 4.78 is 1.84. The molecule has 0 radical (unpaired) electrons. The Morgan fingerprint density at radius 2 is 1.90 bits per heavy atom. The third kappa shape index (κ3) is 4.12. The molecular formula is C23H23ClN4O2S. The number of halogens is 1. The van der Waals surface area contributed by atoms with Crippen molar-refractivity contribution in [1.82, 2.24) is 19.7 Å². The Bertz CT molecular complexity index is 1090. The number of para-hydroxylation sites is 1. The molecule has 8 heteroatoms. The number of Topliss-reactive ketones (excluding diaryl/α,β-unsaturated/α-hetero) is 1. The van der Waals surface area contributed by atoms with Crippen LogP contribution in [0, 0.1) is 0 Å². The largest absolute Gasteiger partial charge is 0.328 e. The van der Waals surface area contributed by atoms with Crippen molar-refractivity contribution in [2.24, 2.45) is 0 Å². The molecule has 0 aliphatic heterocycles. The maximum Gasteiger partial charge on any atom is 0.233 e. The van der Waals surface area contributed by atoms with Crippen LogP contribution in [0.15, 0.2) is 66.1 Å². The van der Waals surface area contributed by atoms with E-state index in [-0.39, 0.29) is 17.4 Å². The number of aromatic nitrogens is 3. The molecule has 0 spiro atoms. The van der Waals surface area contributed by atoms with Crippen LogP contribution in [0.3, 0.4) is 0 Å². The SMILES string of the molecule is CN(C(=O)CSc1nncn1-c1ccccc1)[C@@]1(c2ccccc2Cl)CCCCC1=O. The molecule has 1 aliphatic carbocycles. The third-order valence-corrected chi connectivity index (χ3v) is 7.05. The van der Waals surface area contributed by atoms with Gasteiger partial charge in [-0.1, -0.05) is 59.8 Å². The molecule has 4 rings (SSSR count). The number of benzene rings is 2. The van der Waals surface area contributed by atoms with Crippen molar-refractivity contribution in [3.63, 3.8) is 0 Å². The summed E-state index contributed by atoms with van der Waals surface area (Å²) in [6, 6.07) is 17.0. The first-order valence-corrected chi connectivity index (χ1v) is 11.5. The summed E-state index contributed by atoms with van der Waals surface area (Å²) in [5, 5.41) is 9.28. The quantitative estimate of drug-likeness (QED) is 0.512. The van der Waals surface area contributed by atoms with Gasteiger partial charge in [0.25, 0.3) is 0 Å². The minimum absolute atomic E-state index is 0.0418. The zero-order valence-corrected chi connectivity index (χ0v) is 18.8. The smallest absolute Gasteiger partial charge is 0.233 e. The highest BCUT2D eigenvalue weighted by Gasteiger charge is 2.47. The molecule has 6 nitrogen and oxygen atoms in total. The number of hydrogen-bond acceptors (Lipinski definition) is 5. The molecule has 0 N–H and O–H groups in total. The van der Waals surface area contributed by atoms with E-state index in [4.69, 9.17) is 11.6 Å². The van der Waals surface area contributed by atoms with Gasteiger partial charge in [-0.25, -0.2) is 0 Å². The zero-order chi connectivity index (χ0) is 21.8. The van der Waals surface area contributed by atoms with Crippen LogP contribution in [-0.2, 0) is 15.1 Å². The van der Waals surface area contributed by atoms with Gasteiger partial charge in [0.05, 0.1) is 5.75 Å². The second-order valence-corrected chi connectivity index (χ2v) is 8.88. The number of carbonyl (C=O) groups excluding carboxylic acids is 2. The maximum absolute atomic E-state index is 13.3. The molecule has 31 heavy (non-hydrogen) atoms. The summed E-state index contributed by atoms with van der Waals surface area (Å²) in [4.78, 5) is 28.1. The zero-order valence-electron chi connectivity index (χ0n) is 17.2. The van der Waals surface area contributed by atoms with Gasteiger partial charge in [-0.15, -0.1) is 10.2 Å². The lowest BCUT2D eigenvalue weighted by Gasteiger charge is -2.44. The Kier molecular flexibility index (Phi) is 6.43. The minimum atomic E-state index is -1.03. The van der Waals surface area contributed by atoms with Crippen LogP contribution in [0.4, 0.5) is 0 Å². The summed E-state index contributed by atoms with van der Waals surface area (Å²) in [5.74, 6) is 0.0320. The van der Waals surface area contributed by atoms with E-state index in [0.717, 1.165) is 18.5 Å². The van der Waals surface area contributed by atoms with Gasteiger partial charge in [0.15, 0.2) is 10.9 Å². The summed E-state index contributed by atoms with van der Waals surface area (Å²) in [6.45, 7) is 0. The van der Waals surface area contributed by atoms with Gasteiger partial charge in [0.2, 0.25) is 5.91 Å². The second-order valence-electron chi connectivity index (χ2n) is 7.53. The molecule has 1 heterocycles. The maximum atomic E-state index is 13.3. The van der Waals surface area contributed by atoms with Gasteiger partial charge in [-0.2, -0.15) is 0 Å². The molecule has 0 bridgehead atoms. The van der Waals surface area contributed by atoms with Crippen molar-refractivity contribution in [2.45, 2.75) is 36.4 Å². The molecular weight excluding hydrogens is 432 g/mol. The van der Waals surface area contributed by atoms with Crippen LogP contribution >= 0.6 is 23.4 Å². The third-order valence-electron chi connectivity index (χ3n) is 5.80. The Labute approximate surface area is 190 Å². The number of hydrogen-bond donors (Lipinski definition) is 0. The number of ketones is 1. The second kappa shape index (κ2) is 9.24. The Morgan fingerprint density at radius 3 is 2.65 bits per heavy atom. The number of amides is 1. The summed E-state index contributed by atoms with van der Waals surface area (Å²) in [6.07, 6.45) is 4.34. The summed E-state index contributed by atoms with van der Waals surface area (Å²) in [7, 11) is 1.71. The predicted octanol–water partition coefficient (Wildman–Crippen LogP) is 4.51. The highest BCUT2D eigenvalue weighted by Crippen LogP contribution is 2.42. The van der Waals surface area contributed by atoms with Crippen LogP contribution in [0.1, 0.15) is 31.2 Å². The molecule has 0 unspecified atom stereocenters. The molecule has 1 fully saturated rings. The number of rotatable bonds is 6. The average molecular weight is 455 g/mol.